The molecule has 0 aliphatic rings. The standard InChI is InChI=1S/C9H21ClO3Si/c1-4-5-6-9-14(11-2,12-3)13-8-7-10/h4-9H2,1-3H3. The van der Waals surface area contributed by atoms with Crippen LogP contribution in [0.5, 0.6) is 0 Å². The van der Waals surface area contributed by atoms with Crippen LogP contribution < -0.4 is 0 Å². The maximum Gasteiger partial charge on any atom is 0.500 e. The van der Waals surface area contributed by atoms with Crippen LogP contribution in [0.4, 0.5) is 0 Å². The second-order valence-corrected chi connectivity index (χ2v) is 6.43. The van der Waals surface area contributed by atoms with Crippen LogP contribution in [0.15, 0.2) is 0 Å². The molecule has 0 heterocycles. The highest BCUT2D eigenvalue weighted by Gasteiger charge is 2.37. The second-order valence-electron chi connectivity index (χ2n) is 3.09. The molecule has 0 aliphatic heterocycles. The molecule has 3 nitrogen and oxygen atoms in total. The van der Waals surface area contributed by atoms with Crippen molar-refractivity contribution < 1.29 is 13.3 Å². The molecular weight excluding hydrogens is 220 g/mol. The minimum Gasteiger partial charge on any atom is -0.377 e. The lowest BCUT2D eigenvalue weighted by molar-refractivity contribution is 0.104. The molecule has 0 bridgehead atoms. The SMILES string of the molecule is CCCCC[Si](OC)(OC)OCCCl. The van der Waals surface area contributed by atoms with Crippen molar-refractivity contribution in [3.05, 3.63) is 0 Å². The first-order chi connectivity index (χ1) is 6.74. The van der Waals surface area contributed by atoms with Crippen molar-refractivity contribution in [2.24, 2.45) is 0 Å². The molecule has 5 heteroatoms. The Morgan fingerprint density at radius 1 is 1.14 bits per heavy atom. The first kappa shape index (κ1) is 14.4. The molecule has 0 saturated carbocycles. The van der Waals surface area contributed by atoms with Gasteiger partial charge in [-0.3, -0.25) is 0 Å². The maximum absolute atomic E-state index is 5.59. The van der Waals surface area contributed by atoms with Gasteiger partial charge in [-0.2, -0.15) is 0 Å². The highest BCUT2D eigenvalue weighted by molar-refractivity contribution is 6.60. The van der Waals surface area contributed by atoms with Crippen LogP contribution >= 0.6 is 11.6 Å². The molecule has 0 saturated heterocycles. The van der Waals surface area contributed by atoms with Crippen molar-refractivity contribution in [1.29, 1.82) is 0 Å². The van der Waals surface area contributed by atoms with Crippen molar-refractivity contribution >= 4 is 20.4 Å². The third-order valence-electron chi connectivity index (χ3n) is 2.11. The van der Waals surface area contributed by atoms with E-state index in [4.69, 9.17) is 24.9 Å². The van der Waals surface area contributed by atoms with Crippen molar-refractivity contribution in [3.8, 4) is 0 Å². The van der Waals surface area contributed by atoms with E-state index in [1.54, 1.807) is 14.2 Å². The topological polar surface area (TPSA) is 27.7 Å². The van der Waals surface area contributed by atoms with E-state index in [-0.39, 0.29) is 0 Å². The number of rotatable bonds is 9. The fourth-order valence-electron chi connectivity index (χ4n) is 1.26. The van der Waals surface area contributed by atoms with Gasteiger partial charge in [-0.1, -0.05) is 19.8 Å². The van der Waals surface area contributed by atoms with E-state index >= 15 is 0 Å². The number of hydrogen-bond acceptors (Lipinski definition) is 3. The summed E-state index contributed by atoms with van der Waals surface area (Å²) in [5.41, 5.74) is 0. The van der Waals surface area contributed by atoms with Crippen molar-refractivity contribution in [2.75, 3.05) is 26.7 Å². The maximum atomic E-state index is 5.59. The highest BCUT2D eigenvalue weighted by Crippen LogP contribution is 2.17. The minimum absolute atomic E-state index is 0.481. The van der Waals surface area contributed by atoms with Crippen LogP contribution in [0.25, 0.3) is 0 Å². The van der Waals surface area contributed by atoms with Gasteiger partial charge < -0.3 is 13.3 Å². The van der Waals surface area contributed by atoms with Crippen LogP contribution in [-0.4, -0.2) is 35.5 Å². The zero-order valence-corrected chi connectivity index (χ0v) is 11.1. The molecule has 0 aromatic rings. The Balaban J connectivity index is 3.94. The molecule has 0 aliphatic carbocycles. The van der Waals surface area contributed by atoms with E-state index in [1.807, 2.05) is 0 Å². The Morgan fingerprint density at radius 3 is 2.21 bits per heavy atom. The summed E-state index contributed by atoms with van der Waals surface area (Å²) in [5, 5.41) is 0. The summed E-state index contributed by atoms with van der Waals surface area (Å²) >= 11 is 5.57. The summed E-state index contributed by atoms with van der Waals surface area (Å²) < 4.78 is 16.3. The van der Waals surface area contributed by atoms with Crippen LogP contribution in [-0.2, 0) is 13.3 Å². The normalized spacial score (nSPS) is 12.0. The Morgan fingerprint density at radius 2 is 1.79 bits per heavy atom. The quantitative estimate of drug-likeness (QED) is 0.352. The van der Waals surface area contributed by atoms with Crippen LogP contribution in [0.3, 0.4) is 0 Å². The zero-order chi connectivity index (χ0) is 10.9. The van der Waals surface area contributed by atoms with Crippen molar-refractivity contribution in [1.82, 2.24) is 0 Å². The number of halogens is 1. The minimum atomic E-state index is -2.39. The van der Waals surface area contributed by atoms with Crippen LogP contribution in [0, 0.1) is 0 Å². The largest absolute Gasteiger partial charge is 0.500 e. The average molecular weight is 241 g/mol. The van der Waals surface area contributed by atoms with Gasteiger partial charge in [0.1, 0.15) is 0 Å². The lowest BCUT2D eigenvalue weighted by atomic mass is 10.3. The van der Waals surface area contributed by atoms with Gasteiger partial charge in [-0.15, -0.1) is 11.6 Å². The third-order valence-corrected chi connectivity index (χ3v) is 5.12. The monoisotopic (exact) mass is 240 g/mol. The smallest absolute Gasteiger partial charge is 0.377 e. The van der Waals surface area contributed by atoms with E-state index in [1.165, 1.54) is 12.8 Å². The Bertz CT molecular complexity index is 131. The van der Waals surface area contributed by atoms with Gasteiger partial charge in [0.2, 0.25) is 0 Å². The molecule has 0 atom stereocenters. The molecule has 0 aromatic carbocycles. The van der Waals surface area contributed by atoms with Gasteiger partial charge in [0, 0.05) is 26.1 Å². The molecule has 0 N–H and O–H groups in total. The van der Waals surface area contributed by atoms with Crippen LogP contribution in [0.1, 0.15) is 26.2 Å². The fourth-order valence-corrected chi connectivity index (χ4v) is 3.52. The lowest BCUT2D eigenvalue weighted by Crippen LogP contribution is -2.44. The number of unbranched alkanes of at least 4 members (excludes halogenated alkanes) is 2. The molecule has 0 radical (unpaired) electrons. The number of alkyl halides is 1. The number of hydrogen-bond donors (Lipinski definition) is 0. The van der Waals surface area contributed by atoms with E-state index < -0.39 is 8.80 Å². The Labute approximate surface area is 93.1 Å². The molecule has 14 heavy (non-hydrogen) atoms. The van der Waals surface area contributed by atoms with E-state index in [9.17, 15) is 0 Å². The van der Waals surface area contributed by atoms with E-state index in [0.29, 0.717) is 12.5 Å². The van der Waals surface area contributed by atoms with Gasteiger partial charge >= 0.3 is 8.80 Å². The summed E-state index contributed by atoms with van der Waals surface area (Å²) in [6.45, 7) is 2.67. The average Bonchev–Trinajstić information content (AvgIpc) is 2.24. The summed E-state index contributed by atoms with van der Waals surface area (Å²) in [5.74, 6) is 0.481. The summed E-state index contributed by atoms with van der Waals surface area (Å²) in [6.07, 6.45) is 3.46. The predicted octanol–water partition coefficient (Wildman–Crippen LogP) is 2.66. The molecule has 0 spiro atoms. The third kappa shape index (κ3) is 5.31. The fraction of sp³-hybridized carbons (Fsp3) is 1.00. The molecule has 0 unspecified atom stereocenters. The van der Waals surface area contributed by atoms with Crippen molar-refractivity contribution in [3.63, 3.8) is 0 Å². The zero-order valence-electron chi connectivity index (χ0n) is 9.35. The Kier molecular flexibility index (Phi) is 8.92. The van der Waals surface area contributed by atoms with E-state index in [2.05, 4.69) is 6.92 Å². The Hall–Kier alpha value is 0.387. The first-order valence-electron chi connectivity index (χ1n) is 5.05. The van der Waals surface area contributed by atoms with Gasteiger partial charge in [0.05, 0.1) is 6.61 Å². The van der Waals surface area contributed by atoms with E-state index in [0.717, 1.165) is 12.5 Å². The molecular formula is C9H21ClO3Si. The van der Waals surface area contributed by atoms with Gasteiger partial charge in [0.25, 0.3) is 0 Å². The van der Waals surface area contributed by atoms with Gasteiger partial charge in [-0.05, 0) is 6.42 Å². The molecule has 0 fully saturated rings. The predicted molar refractivity (Wildman–Crippen MR) is 60.8 cm³/mol. The molecule has 0 aromatic heterocycles. The van der Waals surface area contributed by atoms with Crippen molar-refractivity contribution in [2.45, 2.75) is 32.2 Å². The summed E-state index contributed by atoms with van der Waals surface area (Å²) in [4.78, 5) is 0. The second kappa shape index (κ2) is 8.68. The van der Waals surface area contributed by atoms with Crippen LogP contribution in [0.2, 0.25) is 6.04 Å². The molecule has 0 rings (SSSR count). The first-order valence-corrected chi connectivity index (χ1v) is 7.51. The van der Waals surface area contributed by atoms with Gasteiger partial charge in [-0.25, -0.2) is 0 Å². The highest BCUT2D eigenvalue weighted by atomic mass is 35.5. The lowest BCUT2D eigenvalue weighted by Gasteiger charge is -2.25. The molecule has 0 amide bonds. The summed E-state index contributed by atoms with van der Waals surface area (Å²) in [6, 6.07) is 0.880. The van der Waals surface area contributed by atoms with Gasteiger partial charge in [0.15, 0.2) is 0 Å². The molecule has 86 valence electrons. The summed E-state index contributed by atoms with van der Waals surface area (Å²) in [7, 11) is 0.911.